The van der Waals surface area contributed by atoms with E-state index >= 15 is 0 Å². The first-order valence-corrected chi connectivity index (χ1v) is 9.46. The van der Waals surface area contributed by atoms with Gasteiger partial charge in [-0.1, -0.05) is 26.7 Å². The first-order chi connectivity index (χ1) is 13.0. The Kier molecular flexibility index (Phi) is 8.19. The Morgan fingerprint density at radius 3 is 2.59 bits per heavy atom. The molecule has 0 bridgehead atoms. The molecule has 0 unspecified atom stereocenters. The molecule has 1 heterocycles. The first kappa shape index (κ1) is 20.8. The van der Waals surface area contributed by atoms with Gasteiger partial charge in [0.05, 0.1) is 18.1 Å². The molecule has 2 amide bonds. The molecule has 1 atom stereocenters. The fourth-order valence-electron chi connectivity index (χ4n) is 3.16. The van der Waals surface area contributed by atoms with Gasteiger partial charge in [0.25, 0.3) is 5.91 Å². The van der Waals surface area contributed by atoms with Crippen LogP contribution in [0.5, 0.6) is 0 Å². The van der Waals surface area contributed by atoms with Crippen molar-refractivity contribution in [1.29, 1.82) is 0 Å². The Hall–Kier alpha value is -2.48. The molecule has 8 nitrogen and oxygen atoms in total. The zero-order valence-corrected chi connectivity index (χ0v) is 15.9. The molecule has 1 aliphatic rings. The molecule has 148 valence electrons. The van der Waals surface area contributed by atoms with Crippen molar-refractivity contribution in [2.75, 3.05) is 11.9 Å². The van der Waals surface area contributed by atoms with Crippen molar-refractivity contribution in [3.63, 3.8) is 0 Å². The zero-order chi connectivity index (χ0) is 19.6. The molecule has 1 aliphatic carbocycles. The Balaban J connectivity index is 1.94. The summed E-state index contributed by atoms with van der Waals surface area (Å²) in [6.07, 6.45) is 11.2. The molecule has 1 saturated carbocycles. The smallest absolute Gasteiger partial charge is 0.267 e. The van der Waals surface area contributed by atoms with Crippen molar-refractivity contribution in [3.8, 4) is 0 Å². The van der Waals surface area contributed by atoms with E-state index in [-0.39, 0.29) is 11.9 Å². The highest BCUT2D eigenvalue weighted by Gasteiger charge is 2.22. The van der Waals surface area contributed by atoms with E-state index in [1.54, 1.807) is 0 Å². The van der Waals surface area contributed by atoms with Gasteiger partial charge in [-0.25, -0.2) is 10.5 Å². The SMILES string of the molecule is CC(C)C[C@@H](Nc1cnc(/C=C/C(=O)NO)cn1)C(=O)NCC1CCCC1. The molecule has 1 aromatic rings. The van der Waals surface area contributed by atoms with Gasteiger partial charge in [-0.05, 0) is 37.2 Å². The Morgan fingerprint density at radius 1 is 1.26 bits per heavy atom. The third-order valence-corrected chi connectivity index (χ3v) is 4.57. The lowest BCUT2D eigenvalue weighted by molar-refractivity contribution is -0.124. The van der Waals surface area contributed by atoms with Crippen molar-refractivity contribution in [2.45, 2.75) is 52.0 Å². The van der Waals surface area contributed by atoms with E-state index in [2.05, 4.69) is 34.4 Å². The lowest BCUT2D eigenvalue weighted by atomic mass is 10.0. The maximum atomic E-state index is 12.6. The van der Waals surface area contributed by atoms with Gasteiger partial charge in [0, 0.05) is 12.6 Å². The molecule has 0 aromatic carbocycles. The summed E-state index contributed by atoms with van der Waals surface area (Å²) >= 11 is 0. The molecule has 0 saturated heterocycles. The summed E-state index contributed by atoms with van der Waals surface area (Å²) in [5, 5.41) is 14.7. The number of hydroxylamine groups is 1. The van der Waals surface area contributed by atoms with Crippen molar-refractivity contribution in [3.05, 3.63) is 24.2 Å². The van der Waals surface area contributed by atoms with Gasteiger partial charge in [0.2, 0.25) is 5.91 Å². The van der Waals surface area contributed by atoms with Crippen LogP contribution in [-0.4, -0.2) is 39.6 Å². The Labute approximate surface area is 159 Å². The molecule has 4 N–H and O–H groups in total. The van der Waals surface area contributed by atoms with Crippen LogP contribution in [0.15, 0.2) is 18.5 Å². The van der Waals surface area contributed by atoms with Crippen LogP contribution >= 0.6 is 0 Å². The Bertz CT molecular complexity index is 639. The van der Waals surface area contributed by atoms with E-state index in [0.717, 1.165) is 12.6 Å². The summed E-state index contributed by atoms with van der Waals surface area (Å²) in [6, 6.07) is -0.373. The van der Waals surface area contributed by atoms with Crippen LogP contribution in [0.2, 0.25) is 0 Å². The molecular weight excluding hydrogens is 346 g/mol. The molecule has 27 heavy (non-hydrogen) atoms. The largest absolute Gasteiger partial charge is 0.357 e. The topological polar surface area (TPSA) is 116 Å². The number of carbonyl (C=O) groups excluding carboxylic acids is 2. The van der Waals surface area contributed by atoms with Gasteiger partial charge < -0.3 is 10.6 Å². The molecule has 1 fully saturated rings. The van der Waals surface area contributed by atoms with E-state index in [9.17, 15) is 9.59 Å². The van der Waals surface area contributed by atoms with Crippen LogP contribution in [0.25, 0.3) is 6.08 Å². The molecule has 8 heteroatoms. The van der Waals surface area contributed by atoms with Gasteiger partial charge >= 0.3 is 0 Å². The number of aromatic nitrogens is 2. The number of amides is 2. The highest BCUT2D eigenvalue weighted by molar-refractivity contribution is 5.90. The number of nitrogens with zero attached hydrogens (tertiary/aromatic N) is 2. The Morgan fingerprint density at radius 2 is 2.00 bits per heavy atom. The number of carbonyl (C=O) groups is 2. The van der Waals surface area contributed by atoms with E-state index < -0.39 is 5.91 Å². The third kappa shape index (κ3) is 7.34. The molecule has 1 aromatic heterocycles. The van der Waals surface area contributed by atoms with Gasteiger partial charge in [0.1, 0.15) is 11.9 Å². The standard InChI is InChI=1S/C19H29N5O3/c1-13(2)9-16(19(26)22-10-14-5-3-4-6-14)23-17-12-20-15(11-21-17)7-8-18(25)24-27/h7-8,11-14,16,27H,3-6,9-10H2,1-2H3,(H,21,23)(H,22,26)(H,24,25)/b8-7+/t16-/m1/s1. The second kappa shape index (κ2) is 10.6. The van der Waals surface area contributed by atoms with Crippen LogP contribution < -0.4 is 16.1 Å². The number of anilines is 1. The highest BCUT2D eigenvalue weighted by atomic mass is 16.5. The van der Waals surface area contributed by atoms with Crippen LogP contribution in [0.4, 0.5) is 5.82 Å². The maximum Gasteiger partial charge on any atom is 0.267 e. The minimum absolute atomic E-state index is 0.0130. The summed E-state index contributed by atoms with van der Waals surface area (Å²) in [7, 11) is 0. The predicted molar refractivity (Wildman–Crippen MR) is 103 cm³/mol. The minimum Gasteiger partial charge on any atom is -0.357 e. The number of hydrogen-bond donors (Lipinski definition) is 4. The number of nitrogens with one attached hydrogen (secondary N) is 3. The van der Waals surface area contributed by atoms with Crippen LogP contribution in [0.1, 0.15) is 51.6 Å². The maximum absolute atomic E-state index is 12.6. The normalized spacial score (nSPS) is 15.9. The van der Waals surface area contributed by atoms with E-state index in [4.69, 9.17) is 5.21 Å². The van der Waals surface area contributed by atoms with E-state index in [0.29, 0.717) is 29.8 Å². The lowest BCUT2D eigenvalue weighted by Crippen LogP contribution is -2.42. The first-order valence-electron chi connectivity index (χ1n) is 9.46. The predicted octanol–water partition coefficient (Wildman–Crippen LogP) is 2.13. The van der Waals surface area contributed by atoms with Gasteiger partial charge in [-0.2, -0.15) is 0 Å². The summed E-state index contributed by atoms with van der Waals surface area (Å²) < 4.78 is 0. The number of rotatable bonds is 9. The van der Waals surface area contributed by atoms with Crippen LogP contribution in [-0.2, 0) is 9.59 Å². The van der Waals surface area contributed by atoms with Gasteiger partial charge in [0.15, 0.2) is 0 Å². The molecule has 0 radical (unpaired) electrons. The monoisotopic (exact) mass is 375 g/mol. The fraction of sp³-hybridized carbons (Fsp3) is 0.579. The average Bonchev–Trinajstić information content (AvgIpc) is 3.18. The average molecular weight is 375 g/mol. The lowest BCUT2D eigenvalue weighted by Gasteiger charge is -2.21. The van der Waals surface area contributed by atoms with Crippen molar-refractivity contribution >= 4 is 23.7 Å². The van der Waals surface area contributed by atoms with Crippen LogP contribution in [0.3, 0.4) is 0 Å². The summed E-state index contributed by atoms with van der Waals surface area (Å²) in [5.41, 5.74) is 1.97. The van der Waals surface area contributed by atoms with Crippen LogP contribution in [0, 0.1) is 11.8 Å². The quantitative estimate of drug-likeness (QED) is 0.298. The highest BCUT2D eigenvalue weighted by Crippen LogP contribution is 2.23. The summed E-state index contributed by atoms with van der Waals surface area (Å²) in [4.78, 5) is 32.0. The second-order valence-electron chi connectivity index (χ2n) is 7.36. The molecule has 0 spiro atoms. The van der Waals surface area contributed by atoms with Crippen molar-refractivity contribution < 1.29 is 14.8 Å². The third-order valence-electron chi connectivity index (χ3n) is 4.57. The summed E-state index contributed by atoms with van der Waals surface area (Å²) in [5.74, 6) is 0.791. The van der Waals surface area contributed by atoms with E-state index in [1.807, 2.05) is 0 Å². The van der Waals surface area contributed by atoms with E-state index in [1.165, 1.54) is 49.6 Å². The minimum atomic E-state index is -0.644. The molecule has 2 rings (SSSR count). The summed E-state index contributed by atoms with van der Waals surface area (Å²) in [6.45, 7) is 4.88. The molecule has 0 aliphatic heterocycles. The van der Waals surface area contributed by atoms with Crippen molar-refractivity contribution in [2.24, 2.45) is 11.8 Å². The second-order valence-corrected chi connectivity index (χ2v) is 7.36. The van der Waals surface area contributed by atoms with Gasteiger partial charge in [-0.15, -0.1) is 0 Å². The zero-order valence-electron chi connectivity index (χ0n) is 15.9. The fourth-order valence-corrected chi connectivity index (χ4v) is 3.16. The number of hydrogen-bond acceptors (Lipinski definition) is 6. The molecular formula is C19H29N5O3. The van der Waals surface area contributed by atoms with Gasteiger partial charge in [-0.3, -0.25) is 19.8 Å². The van der Waals surface area contributed by atoms with Crippen molar-refractivity contribution in [1.82, 2.24) is 20.8 Å².